The minimum Gasteiger partial charge on any atom is -0.378 e. The minimum atomic E-state index is -2.76. The molecule has 0 saturated carbocycles. The van der Waals surface area contributed by atoms with Crippen molar-refractivity contribution in [2.45, 2.75) is 17.4 Å². The number of hydrogen-bond acceptors (Lipinski definition) is 5. The van der Waals surface area contributed by atoms with Gasteiger partial charge in [0, 0.05) is 53.3 Å². The van der Waals surface area contributed by atoms with E-state index in [1.807, 2.05) is 35.8 Å². The molecule has 184 valence electrons. The molecule has 0 saturated heterocycles. The van der Waals surface area contributed by atoms with Gasteiger partial charge in [0.25, 0.3) is 0 Å². The Labute approximate surface area is 208 Å². The summed E-state index contributed by atoms with van der Waals surface area (Å²) in [6.07, 6.45) is 1.81. The summed E-state index contributed by atoms with van der Waals surface area (Å²) >= 11 is 12.9. The van der Waals surface area contributed by atoms with Gasteiger partial charge in [0.1, 0.15) is 0 Å². The van der Waals surface area contributed by atoms with Gasteiger partial charge in [0.2, 0.25) is 0 Å². The Kier molecular flexibility index (Phi) is 9.73. The van der Waals surface area contributed by atoms with Gasteiger partial charge < -0.3 is 20.1 Å². The summed E-state index contributed by atoms with van der Waals surface area (Å²) in [6.45, 7) is 4.72. The number of halogens is 2. The molecule has 0 spiro atoms. The molecule has 1 aliphatic heterocycles. The summed E-state index contributed by atoms with van der Waals surface area (Å²) in [5, 5.41) is 1.33. The maximum atomic E-state index is 13.8. The zero-order valence-corrected chi connectivity index (χ0v) is 22.0. The van der Waals surface area contributed by atoms with Gasteiger partial charge in [-0.2, -0.15) is 0 Å². The van der Waals surface area contributed by atoms with Crippen molar-refractivity contribution < 1.29 is 13.7 Å². The number of hydrogen-bond donors (Lipinski definition) is 2. The summed E-state index contributed by atoms with van der Waals surface area (Å²) in [5.74, 6) is 0.108. The summed E-state index contributed by atoms with van der Waals surface area (Å²) in [7, 11) is 1.21. The van der Waals surface area contributed by atoms with Gasteiger partial charge in [0.15, 0.2) is 0 Å². The maximum absolute atomic E-state index is 13.8. The lowest BCUT2D eigenvalue weighted by Gasteiger charge is -2.35. The van der Waals surface area contributed by atoms with E-state index in [1.54, 1.807) is 6.07 Å². The van der Waals surface area contributed by atoms with Gasteiger partial charge in [-0.1, -0.05) is 35.3 Å². The third-order valence-corrected chi connectivity index (χ3v) is 9.38. The average Bonchev–Trinajstić information content (AvgIpc) is 2.78. The van der Waals surface area contributed by atoms with Crippen LogP contribution in [0.25, 0.3) is 0 Å². The van der Waals surface area contributed by atoms with Crippen LogP contribution in [0.2, 0.25) is 10.0 Å². The smallest absolute Gasteiger partial charge is 0.0701 e. The summed E-state index contributed by atoms with van der Waals surface area (Å²) in [6, 6.07) is 11.9. The van der Waals surface area contributed by atoms with E-state index >= 15 is 0 Å². The quantitative estimate of drug-likeness (QED) is 0.354. The van der Waals surface area contributed by atoms with Crippen molar-refractivity contribution in [3.63, 3.8) is 0 Å². The second-order valence-corrected chi connectivity index (χ2v) is 12.4. The number of ether oxygens (including phenoxy) is 2. The highest BCUT2D eigenvalue weighted by Gasteiger charge is 2.28. The van der Waals surface area contributed by atoms with Gasteiger partial charge in [-0.3, -0.25) is 4.21 Å². The zero-order chi connectivity index (χ0) is 24.0. The standard InChI is InChI=1S/C24H35Cl2N3O3S/c1-28-16-22(21-14-19(25)15-24(26)23(21)17-28)18-5-4-6-20(13-18)33(3,30)29(2)8-10-32-12-11-31-9-7-27/h4-6,13-15,22,33H,7-12,16-17,27H2,1-3H3/t22-/m0/s1. The van der Waals surface area contributed by atoms with Crippen LogP contribution in [0.3, 0.4) is 0 Å². The predicted molar refractivity (Wildman–Crippen MR) is 138 cm³/mol. The molecule has 1 heterocycles. The first-order chi connectivity index (χ1) is 15.7. The van der Waals surface area contributed by atoms with Crippen LogP contribution in [0.4, 0.5) is 0 Å². The largest absolute Gasteiger partial charge is 0.378 e. The molecule has 1 atom stereocenters. The first kappa shape index (κ1) is 26.6. The Morgan fingerprint density at radius 1 is 1.15 bits per heavy atom. The van der Waals surface area contributed by atoms with Crippen LogP contribution in [0.15, 0.2) is 41.3 Å². The first-order valence-corrected chi connectivity index (χ1v) is 14.0. The molecular weight excluding hydrogens is 481 g/mol. The third kappa shape index (κ3) is 6.77. The number of thiol groups is 1. The molecule has 0 unspecified atom stereocenters. The van der Waals surface area contributed by atoms with E-state index in [2.05, 4.69) is 24.1 Å². The highest BCUT2D eigenvalue weighted by molar-refractivity contribution is 8.00. The fraction of sp³-hybridized carbons (Fsp3) is 0.500. The summed E-state index contributed by atoms with van der Waals surface area (Å²) < 4.78 is 26.6. The van der Waals surface area contributed by atoms with E-state index < -0.39 is 10.1 Å². The van der Waals surface area contributed by atoms with Crippen molar-refractivity contribution in [3.05, 3.63) is 63.1 Å². The Bertz CT molecular complexity index is 991. The Balaban J connectivity index is 1.74. The SMILES string of the molecule is CN1Cc2c(Cl)cc(Cl)cc2[C@H](c2cccc([SH](C)(=O)N(C)CCOCCOCCN)c2)C1. The highest BCUT2D eigenvalue weighted by Crippen LogP contribution is 2.39. The van der Waals surface area contributed by atoms with Crippen molar-refractivity contribution in [2.75, 3.05) is 66.4 Å². The normalized spacial score (nSPS) is 17.4. The number of benzene rings is 2. The Morgan fingerprint density at radius 2 is 1.88 bits per heavy atom. The maximum Gasteiger partial charge on any atom is 0.0701 e. The molecule has 9 heteroatoms. The van der Waals surface area contributed by atoms with Gasteiger partial charge in [-0.05, 0) is 65.2 Å². The number of fused-ring (bicyclic) bond motifs is 1. The second kappa shape index (κ2) is 12.1. The average molecular weight is 517 g/mol. The molecule has 33 heavy (non-hydrogen) atoms. The summed E-state index contributed by atoms with van der Waals surface area (Å²) in [4.78, 5) is 3.09. The predicted octanol–water partition coefficient (Wildman–Crippen LogP) is 3.41. The van der Waals surface area contributed by atoms with Crippen molar-refractivity contribution in [2.24, 2.45) is 5.73 Å². The van der Waals surface area contributed by atoms with Crippen LogP contribution >= 0.6 is 23.2 Å². The van der Waals surface area contributed by atoms with E-state index in [4.69, 9.17) is 38.4 Å². The van der Waals surface area contributed by atoms with Crippen LogP contribution in [-0.2, 0) is 26.1 Å². The molecule has 6 nitrogen and oxygen atoms in total. The molecular formula is C24H35Cl2N3O3S. The molecule has 2 aromatic carbocycles. The van der Waals surface area contributed by atoms with E-state index in [-0.39, 0.29) is 5.92 Å². The number of nitrogens with zero attached hydrogens (tertiary/aromatic N) is 2. The first-order valence-electron chi connectivity index (χ1n) is 11.2. The fourth-order valence-electron chi connectivity index (χ4n) is 4.12. The minimum absolute atomic E-state index is 0.108. The molecule has 0 fully saturated rings. The molecule has 0 bridgehead atoms. The fourth-order valence-corrected chi connectivity index (χ4v) is 6.30. The lowest BCUT2D eigenvalue weighted by atomic mass is 9.85. The number of nitrogens with two attached hydrogens (primary N) is 1. The van der Waals surface area contributed by atoms with Crippen LogP contribution in [0.5, 0.6) is 0 Å². The molecule has 3 rings (SSSR count). The van der Waals surface area contributed by atoms with Crippen LogP contribution in [-0.4, -0.2) is 79.8 Å². The van der Waals surface area contributed by atoms with Gasteiger partial charge in [-0.25, -0.2) is 4.31 Å². The number of rotatable bonds is 11. The van der Waals surface area contributed by atoms with Crippen molar-refractivity contribution in [1.82, 2.24) is 9.21 Å². The molecule has 0 radical (unpaired) electrons. The van der Waals surface area contributed by atoms with Crippen LogP contribution in [0, 0.1) is 0 Å². The van der Waals surface area contributed by atoms with Crippen molar-refractivity contribution >= 4 is 33.3 Å². The lowest BCUT2D eigenvalue weighted by molar-refractivity contribution is 0.0485. The molecule has 0 aromatic heterocycles. The van der Waals surface area contributed by atoms with E-state index in [9.17, 15) is 4.21 Å². The Morgan fingerprint density at radius 3 is 2.61 bits per heavy atom. The van der Waals surface area contributed by atoms with E-state index in [1.165, 1.54) is 0 Å². The van der Waals surface area contributed by atoms with Gasteiger partial charge >= 0.3 is 0 Å². The summed E-state index contributed by atoms with van der Waals surface area (Å²) in [5.41, 5.74) is 8.76. The topological polar surface area (TPSA) is 68.0 Å². The molecule has 1 aliphatic rings. The zero-order valence-electron chi connectivity index (χ0n) is 19.6. The lowest BCUT2D eigenvalue weighted by Crippen LogP contribution is -2.35. The van der Waals surface area contributed by atoms with Crippen molar-refractivity contribution in [1.29, 1.82) is 0 Å². The van der Waals surface area contributed by atoms with Crippen LogP contribution < -0.4 is 5.73 Å². The Hall–Kier alpha value is -1.03. The number of likely N-dealkylation sites (N-methyl/N-ethyl adjacent to an activating group) is 2. The van der Waals surface area contributed by atoms with E-state index in [0.29, 0.717) is 49.6 Å². The monoisotopic (exact) mass is 515 g/mol. The van der Waals surface area contributed by atoms with E-state index in [0.717, 1.165) is 34.7 Å². The third-order valence-electron chi connectivity index (χ3n) is 6.09. The van der Waals surface area contributed by atoms with Gasteiger partial charge in [0.05, 0.1) is 26.4 Å². The highest BCUT2D eigenvalue weighted by atomic mass is 35.5. The molecule has 0 amide bonds. The second-order valence-electron chi connectivity index (χ2n) is 8.57. The van der Waals surface area contributed by atoms with Crippen LogP contribution in [0.1, 0.15) is 22.6 Å². The van der Waals surface area contributed by atoms with Crippen molar-refractivity contribution in [3.8, 4) is 0 Å². The molecule has 0 aliphatic carbocycles. The van der Waals surface area contributed by atoms with Gasteiger partial charge in [-0.15, -0.1) is 0 Å². The molecule has 2 aromatic rings. The molecule has 2 N–H and O–H groups in total.